The van der Waals surface area contributed by atoms with Crippen molar-refractivity contribution in [1.82, 2.24) is 9.88 Å². The van der Waals surface area contributed by atoms with Crippen molar-refractivity contribution in [1.29, 1.82) is 0 Å². The topological polar surface area (TPSA) is 80.6 Å². The number of amides is 1. The first-order valence-electron chi connectivity index (χ1n) is 6.85. The fourth-order valence-corrected chi connectivity index (χ4v) is 2.80. The number of nitrogens with zero attached hydrogens (tertiary/aromatic N) is 1. The van der Waals surface area contributed by atoms with Crippen molar-refractivity contribution < 1.29 is 14.3 Å². The van der Waals surface area contributed by atoms with Crippen LogP contribution in [-0.4, -0.2) is 55.3 Å². The molecule has 0 bridgehead atoms. The first-order valence-corrected chi connectivity index (χ1v) is 6.85. The highest BCUT2D eigenvalue weighted by Gasteiger charge is 2.36. The number of fused-ring (bicyclic) bond motifs is 1. The molecule has 1 aromatic heterocycles. The van der Waals surface area contributed by atoms with Gasteiger partial charge < -0.3 is 25.1 Å². The molecule has 0 aliphatic carbocycles. The average molecular weight is 289 g/mol. The number of rotatable bonds is 3. The first kappa shape index (κ1) is 13.9. The predicted octanol–water partition coefficient (Wildman–Crippen LogP) is 1.24. The van der Waals surface area contributed by atoms with E-state index >= 15 is 0 Å². The van der Waals surface area contributed by atoms with Crippen LogP contribution in [0.15, 0.2) is 24.3 Å². The summed E-state index contributed by atoms with van der Waals surface area (Å²) in [5, 5.41) is 0.934. The van der Waals surface area contributed by atoms with Crippen LogP contribution >= 0.6 is 0 Å². The summed E-state index contributed by atoms with van der Waals surface area (Å²) in [6.07, 6.45) is -0.169. The van der Waals surface area contributed by atoms with Crippen LogP contribution in [0.1, 0.15) is 10.5 Å². The molecule has 6 heteroatoms. The number of carbonyl (C=O) groups excluding carboxylic acids is 1. The second-order valence-electron chi connectivity index (χ2n) is 5.29. The van der Waals surface area contributed by atoms with E-state index in [1.165, 1.54) is 0 Å². The first-order chi connectivity index (χ1) is 10.1. The molecule has 0 radical (unpaired) electrons. The van der Waals surface area contributed by atoms with Gasteiger partial charge in [-0.1, -0.05) is 0 Å². The van der Waals surface area contributed by atoms with Gasteiger partial charge in [0, 0.05) is 43.9 Å². The lowest BCUT2D eigenvalue weighted by molar-refractivity contribution is -0.00461. The van der Waals surface area contributed by atoms with E-state index in [1.54, 1.807) is 19.1 Å². The summed E-state index contributed by atoms with van der Waals surface area (Å²) in [7, 11) is 3.27. The molecule has 1 saturated heterocycles. The Balaban J connectivity index is 1.84. The monoisotopic (exact) mass is 289 g/mol. The van der Waals surface area contributed by atoms with E-state index in [4.69, 9.17) is 15.2 Å². The van der Waals surface area contributed by atoms with Crippen LogP contribution in [-0.2, 0) is 9.47 Å². The number of anilines is 1. The number of nitrogen functional groups attached to an aromatic ring is 1. The zero-order valence-electron chi connectivity index (χ0n) is 12.1. The number of methoxy groups -OCH3 is 2. The van der Waals surface area contributed by atoms with Gasteiger partial charge in [-0.05, 0) is 24.3 Å². The van der Waals surface area contributed by atoms with Crippen LogP contribution < -0.4 is 5.73 Å². The van der Waals surface area contributed by atoms with Crippen molar-refractivity contribution in [3.8, 4) is 0 Å². The van der Waals surface area contributed by atoms with E-state index in [2.05, 4.69) is 4.98 Å². The molecule has 1 aliphatic rings. The van der Waals surface area contributed by atoms with Gasteiger partial charge in [0.1, 0.15) is 17.9 Å². The summed E-state index contributed by atoms with van der Waals surface area (Å²) in [5.74, 6) is -0.0497. The number of benzene rings is 1. The molecule has 2 heterocycles. The number of H-pyrrole nitrogens is 1. The van der Waals surface area contributed by atoms with Gasteiger partial charge >= 0.3 is 0 Å². The summed E-state index contributed by atoms with van der Waals surface area (Å²) < 4.78 is 10.7. The van der Waals surface area contributed by atoms with Crippen molar-refractivity contribution in [2.45, 2.75) is 12.2 Å². The lowest BCUT2D eigenvalue weighted by Gasteiger charge is -2.14. The number of aromatic nitrogens is 1. The lowest BCUT2D eigenvalue weighted by atomic mass is 10.2. The molecular weight excluding hydrogens is 270 g/mol. The maximum Gasteiger partial charge on any atom is 0.270 e. The van der Waals surface area contributed by atoms with Crippen molar-refractivity contribution in [3.05, 3.63) is 30.0 Å². The minimum Gasteiger partial charge on any atom is -0.399 e. The molecule has 0 spiro atoms. The molecule has 21 heavy (non-hydrogen) atoms. The van der Waals surface area contributed by atoms with Crippen molar-refractivity contribution >= 4 is 22.5 Å². The number of carbonyl (C=O) groups is 1. The normalized spacial score (nSPS) is 22.1. The number of hydrogen-bond donors (Lipinski definition) is 2. The Morgan fingerprint density at radius 1 is 1.24 bits per heavy atom. The Labute approximate surface area is 122 Å². The third-order valence-electron chi connectivity index (χ3n) is 3.98. The van der Waals surface area contributed by atoms with Crippen LogP contribution in [0.5, 0.6) is 0 Å². The molecule has 6 nitrogen and oxygen atoms in total. The fourth-order valence-electron chi connectivity index (χ4n) is 2.80. The molecule has 2 atom stereocenters. The molecule has 3 N–H and O–H groups in total. The number of ether oxygens (including phenoxy) is 2. The molecule has 1 aromatic carbocycles. The Kier molecular flexibility index (Phi) is 3.57. The maximum absolute atomic E-state index is 12.6. The van der Waals surface area contributed by atoms with Gasteiger partial charge in [0.15, 0.2) is 0 Å². The van der Waals surface area contributed by atoms with Crippen molar-refractivity contribution in [2.75, 3.05) is 33.0 Å². The van der Waals surface area contributed by atoms with Gasteiger partial charge in [-0.2, -0.15) is 0 Å². The number of hydrogen-bond acceptors (Lipinski definition) is 4. The summed E-state index contributed by atoms with van der Waals surface area (Å²) >= 11 is 0. The van der Waals surface area contributed by atoms with Gasteiger partial charge in [0.25, 0.3) is 5.91 Å². The second kappa shape index (κ2) is 5.38. The van der Waals surface area contributed by atoms with E-state index in [1.807, 2.05) is 24.3 Å². The molecule has 1 fully saturated rings. The molecule has 1 amide bonds. The standard InChI is InChI=1S/C15H19N3O3/c1-20-13-7-18(8-14(13)21-2)15(19)12-6-9-5-10(16)3-4-11(9)17-12/h3-6,13-14,17H,7-8,16H2,1-2H3. The van der Waals surface area contributed by atoms with E-state index in [0.29, 0.717) is 24.5 Å². The highest BCUT2D eigenvalue weighted by molar-refractivity contribution is 5.98. The van der Waals surface area contributed by atoms with Crippen LogP contribution in [0.4, 0.5) is 5.69 Å². The molecule has 2 unspecified atom stereocenters. The third-order valence-corrected chi connectivity index (χ3v) is 3.98. The quantitative estimate of drug-likeness (QED) is 0.833. The highest BCUT2D eigenvalue weighted by atomic mass is 16.5. The number of nitrogens with two attached hydrogens (primary N) is 1. The highest BCUT2D eigenvalue weighted by Crippen LogP contribution is 2.22. The average Bonchev–Trinajstić information content (AvgIpc) is 3.09. The Morgan fingerprint density at radius 2 is 1.90 bits per heavy atom. The summed E-state index contributed by atoms with van der Waals surface area (Å²) in [6, 6.07) is 7.37. The number of aromatic amines is 1. The van der Waals surface area contributed by atoms with E-state index in [-0.39, 0.29) is 18.1 Å². The predicted molar refractivity (Wildman–Crippen MR) is 80.2 cm³/mol. The van der Waals surface area contributed by atoms with Crippen LogP contribution in [0.25, 0.3) is 10.9 Å². The van der Waals surface area contributed by atoms with E-state index in [9.17, 15) is 4.79 Å². The zero-order chi connectivity index (χ0) is 15.0. The zero-order valence-corrected chi connectivity index (χ0v) is 12.1. The second-order valence-corrected chi connectivity index (χ2v) is 5.29. The Hall–Kier alpha value is -2.05. The summed E-state index contributed by atoms with van der Waals surface area (Å²) in [5.41, 5.74) is 7.90. The third kappa shape index (κ3) is 2.48. The van der Waals surface area contributed by atoms with Crippen molar-refractivity contribution in [2.24, 2.45) is 0 Å². The lowest BCUT2D eigenvalue weighted by Crippen LogP contribution is -2.30. The molecule has 1 aliphatic heterocycles. The van der Waals surface area contributed by atoms with Crippen molar-refractivity contribution in [3.63, 3.8) is 0 Å². The van der Waals surface area contributed by atoms with Crippen LogP contribution in [0.3, 0.4) is 0 Å². The Morgan fingerprint density at radius 3 is 2.52 bits per heavy atom. The summed E-state index contributed by atoms with van der Waals surface area (Å²) in [4.78, 5) is 17.5. The minimum absolute atomic E-state index is 0.0497. The maximum atomic E-state index is 12.6. The van der Waals surface area contributed by atoms with Crippen LogP contribution in [0, 0.1) is 0 Å². The molecule has 2 aromatic rings. The van der Waals surface area contributed by atoms with Gasteiger partial charge in [0.2, 0.25) is 0 Å². The number of likely N-dealkylation sites (tertiary alicyclic amines) is 1. The molecular formula is C15H19N3O3. The van der Waals surface area contributed by atoms with E-state index < -0.39 is 0 Å². The van der Waals surface area contributed by atoms with Gasteiger partial charge in [-0.25, -0.2) is 0 Å². The van der Waals surface area contributed by atoms with E-state index in [0.717, 1.165) is 10.9 Å². The van der Waals surface area contributed by atoms with Crippen LogP contribution in [0.2, 0.25) is 0 Å². The SMILES string of the molecule is COC1CN(C(=O)c2cc3cc(N)ccc3[nH]2)CC1OC. The van der Waals surface area contributed by atoms with Gasteiger partial charge in [-0.3, -0.25) is 4.79 Å². The smallest absolute Gasteiger partial charge is 0.270 e. The largest absolute Gasteiger partial charge is 0.399 e. The van der Waals surface area contributed by atoms with Gasteiger partial charge in [0.05, 0.1) is 0 Å². The fraction of sp³-hybridized carbons (Fsp3) is 0.400. The Bertz CT molecular complexity index is 655. The van der Waals surface area contributed by atoms with Gasteiger partial charge in [-0.15, -0.1) is 0 Å². The number of nitrogens with one attached hydrogen (secondary N) is 1. The molecule has 3 rings (SSSR count). The molecule has 0 saturated carbocycles. The summed E-state index contributed by atoms with van der Waals surface area (Å²) in [6.45, 7) is 1.07. The minimum atomic E-state index is -0.0843. The molecule has 112 valence electrons.